The average molecular weight is 360 g/mol. The third-order valence-corrected chi connectivity index (χ3v) is 3.52. The molecule has 0 fully saturated rings. The summed E-state index contributed by atoms with van der Waals surface area (Å²) in [6.07, 6.45) is -4.82. The monoisotopic (exact) mass is 360 g/mol. The second kappa shape index (κ2) is 8.56. The molecular weight excluding hydrogens is 333 g/mol. The highest BCUT2D eigenvalue weighted by atomic mass is 19.4. The van der Waals surface area contributed by atoms with E-state index in [4.69, 9.17) is 4.74 Å². The lowest BCUT2D eigenvalue weighted by molar-refractivity contribution is -0.137. The van der Waals surface area contributed by atoms with Gasteiger partial charge in [0.15, 0.2) is 0 Å². The van der Waals surface area contributed by atoms with Gasteiger partial charge in [0.05, 0.1) is 5.56 Å². The number of ether oxygens (including phenoxy) is 1. The van der Waals surface area contributed by atoms with Crippen molar-refractivity contribution in [1.82, 2.24) is 10.6 Å². The number of alkyl halides is 3. The molecule has 1 amide bonds. The number of halogens is 3. The van der Waals surface area contributed by atoms with Gasteiger partial charge in [0.25, 0.3) is 0 Å². The third-order valence-electron chi connectivity index (χ3n) is 3.52. The molecule has 2 N–H and O–H groups in total. The number of carbonyl (C=O) groups is 1. The zero-order valence-electron chi connectivity index (χ0n) is 15.3. The van der Waals surface area contributed by atoms with E-state index in [0.717, 1.165) is 17.7 Å². The van der Waals surface area contributed by atoms with Crippen LogP contribution in [-0.4, -0.2) is 24.3 Å². The second-order valence-corrected chi connectivity index (χ2v) is 7.31. The molecule has 7 heteroatoms. The number of amides is 1. The SMILES string of the molecule is CC(C)C(CNC(=O)OC(C)(C)C)NCc1ccc(C(F)(F)F)cc1. The predicted octanol–water partition coefficient (Wildman–Crippen LogP) is 4.34. The molecule has 0 saturated carbocycles. The summed E-state index contributed by atoms with van der Waals surface area (Å²) in [7, 11) is 0. The molecule has 1 rings (SSSR count). The van der Waals surface area contributed by atoms with Crippen LogP contribution in [0.4, 0.5) is 18.0 Å². The fourth-order valence-corrected chi connectivity index (χ4v) is 2.11. The van der Waals surface area contributed by atoms with Crippen LogP contribution in [-0.2, 0) is 17.5 Å². The number of hydrogen-bond donors (Lipinski definition) is 2. The highest BCUT2D eigenvalue weighted by Gasteiger charge is 2.29. The molecule has 0 heterocycles. The molecule has 0 aromatic heterocycles. The van der Waals surface area contributed by atoms with E-state index in [0.29, 0.717) is 13.1 Å². The molecule has 1 aromatic carbocycles. The minimum Gasteiger partial charge on any atom is -0.444 e. The van der Waals surface area contributed by atoms with Crippen LogP contribution < -0.4 is 10.6 Å². The Morgan fingerprint density at radius 1 is 1.12 bits per heavy atom. The summed E-state index contributed by atoms with van der Waals surface area (Å²) < 4.78 is 42.9. The van der Waals surface area contributed by atoms with Crippen molar-refractivity contribution in [1.29, 1.82) is 0 Å². The van der Waals surface area contributed by atoms with Gasteiger partial charge < -0.3 is 15.4 Å². The Bertz CT molecular complexity index is 549. The van der Waals surface area contributed by atoms with E-state index in [2.05, 4.69) is 10.6 Å². The Balaban J connectivity index is 2.54. The van der Waals surface area contributed by atoms with Crippen LogP contribution in [0.1, 0.15) is 45.7 Å². The van der Waals surface area contributed by atoms with Crippen molar-refractivity contribution in [2.45, 2.75) is 59.0 Å². The van der Waals surface area contributed by atoms with Crippen molar-refractivity contribution < 1.29 is 22.7 Å². The maximum absolute atomic E-state index is 12.6. The van der Waals surface area contributed by atoms with Gasteiger partial charge in [-0.2, -0.15) is 13.2 Å². The summed E-state index contributed by atoms with van der Waals surface area (Å²) in [4.78, 5) is 11.7. The van der Waals surface area contributed by atoms with Crippen LogP contribution in [0, 0.1) is 5.92 Å². The second-order valence-electron chi connectivity index (χ2n) is 7.31. The van der Waals surface area contributed by atoms with Crippen LogP contribution in [0.5, 0.6) is 0 Å². The standard InChI is InChI=1S/C18H27F3N2O2/c1-12(2)15(11-23-16(24)25-17(3,4)5)22-10-13-6-8-14(9-7-13)18(19,20)21/h6-9,12,15,22H,10-11H2,1-5H3,(H,23,24). The minimum atomic E-state index is -4.33. The van der Waals surface area contributed by atoms with Crippen LogP contribution in [0.3, 0.4) is 0 Å². The van der Waals surface area contributed by atoms with E-state index in [1.807, 2.05) is 13.8 Å². The molecule has 1 atom stereocenters. The highest BCUT2D eigenvalue weighted by molar-refractivity contribution is 5.67. The average Bonchev–Trinajstić information content (AvgIpc) is 2.44. The topological polar surface area (TPSA) is 50.4 Å². The number of carbonyl (C=O) groups excluding carboxylic acids is 1. The molecule has 25 heavy (non-hydrogen) atoms. The largest absolute Gasteiger partial charge is 0.444 e. The maximum atomic E-state index is 12.6. The van der Waals surface area contributed by atoms with Gasteiger partial charge in [-0.3, -0.25) is 0 Å². The summed E-state index contributed by atoms with van der Waals surface area (Å²) in [5.41, 5.74) is -0.482. The zero-order valence-corrected chi connectivity index (χ0v) is 15.3. The van der Waals surface area contributed by atoms with E-state index in [1.165, 1.54) is 12.1 Å². The van der Waals surface area contributed by atoms with Crippen LogP contribution >= 0.6 is 0 Å². The van der Waals surface area contributed by atoms with Crippen LogP contribution in [0.15, 0.2) is 24.3 Å². The van der Waals surface area contributed by atoms with Crippen molar-refractivity contribution in [2.24, 2.45) is 5.92 Å². The van der Waals surface area contributed by atoms with Gasteiger partial charge in [0, 0.05) is 19.1 Å². The Hall–Kier alpha value is -1.76. The number of hydrogen-bond acceptors (Lipinski definition) is 3. The molecule has 1 aromatic rings. The zero-order chi connectivity index (χ0) is 19.3. The van der Waals surface area contributed by atoms with Crippen molar-refractivity contribution >= 4 is 6.09 Å². The molecule has 0 aliphatic heterocycles. The molecule has 4 nitrogen and oxygen atoms in total. The molecular formula is C18H27F3N2O2. The number of rotatable bonds is 6. The van der Waals surface area contributed by atoms with E-state index >= 15 is 0 Å². The summed E-state index contributed by atoms with van der Waals surface area (Å²) in [5.74, 6) is 0.226. The summed E-state index contributed by atoms with van der Waals surface area (Å²) in [6, 6.07) is 5.01. The van der Waals surface area contributed by atoms with Gasteiger partial charge in [-0.25, -0.2) is 4.79 Å². The first-order chi connectivity index (χ1) is 11.4. The molecule has 0 aliphatic carbocycles. The summed E-state index contributed by atoms with van der Waals surface area (Å²) in [6.45, 7) is 10.1. The number of alkyl carbamates (subject to hydrolysis) is 1. The Morgan fingerprint density at radius 3 is 2.12 bits per heavy atom. The van der Waals surface area contributed by atoms with Gasteiger partial charge in [-0.05, 0) is 44.4 Å². The van der Waals surface area contributed by atoms with Crippen molar-refractivity contribution in [2.75, 3.05) is 6.54 Å². The maximum Gasteiger partial charge on any atom is 0.416 e. The molecule has 0 bridgehead atoms. The lowest BCUT2D eigenvalue weighted by Gasteiger charge is -2.25. The predicted molar refractivity (Wildman–Crippen MR) is 91.1 cm³/mol. The highest BCUT2D eigenvalue weighted by Crippen LogP contribution is 2.29. The molecule has 0 radical (unpaired) electrons. The van der Waals surface area contributed by atoms with Crippen molar-refractivity contribution in [3.8, 4) is 0 Å². The first-order valence-electron chi connectivity index (χ1n) is 8.25. The van der Waals surface area contributed by atoms with E-state index in [1.54, 1.807) is 20.8 Å². The number of nitrogens with one attached hydrogen (secondary N) is 2. The lowest BCUT2D eigenvalue weighted by atomic mass is 10.0. The van der Waals surface area contributed by atoms with Crippen LogP contribution in [0.25, 0.3) is 0 Å². The van der Waals surface area contributed by atoms with Gasteiger partial charge in [0.2, 0.25) is 0 Å². The Kier molecular flexibility index (Phi) is 7.29. The van der Waals surface area contributed by atoms with Crippen molar-refractivity contribution in [3.63, 3.8) is 0 Å². The van der Waals surface area contributed by atoms with Gasteiger partial charge in [-0.1, -0.05) is 26.0 Å². The Labute approximate surface area is 147 Å². The van der Waals surface area contributed by atoms with Gasteiger partial charge >= 0.3 is 12.3 Å². The smallest absolute Gasteiger partial charge is 0.416 e. The van der Waals surface area contributed by atoms with Gasteiger partial charge in [-0.15, -0.1) is 0 Å². The van der Waals surface area contributed by atoms with Crippen LogP contribution in [0.2, 0.25) is 0 Å². The lowest BCUT2D eigenvalue weighted by Crippen LogP contribution is -2.45. The quantitative estimate of drug-likeness (QED) is 0.793. The van der Waals surface area contributed by atoms with Crippen molar-refractivity contribution in [3.05, 3.63) is 35.4 Å². The molecule has 1 unspecified atom stereocenters. The van der Waals surface area contributed by atoms with Gasteiger partial charge in [0.1, 0.15) is 5.60 Å². The van der Waals surface area contributed by atoms with E-state index < -0.39 is 23.4 Å². The summed E-state index contributed by atoms with van der Waals surface area (Å²) in [5, 5.41) is 5.97. The fourth-order valence-electron chi connectivity index (χ4n) is 2.11. The normalized spacial score (nSPS) is 13.6. The minimum absolute atomic E-state index is 0.0326. The fraction of sp³-hybridized carbons (Fsp3) is 0.611. The first-order valence-corrected chi connectivity index (χ1v) is 8.25. The van der Waals surface area contributed by atoms with E-state index in [9.17, 15) is 18.0 Å². The Morgan fingerprint density at radius 2 is 1.68 bits per heavy atom. The molecule has 142 valence electrons. The molecule has 0 spiro atoms. The third kappa shape index (κ3) is 8.25. The van der Waals surface area contributed by atoms with E-state index in [-0.39, 0.29) is 12.0 Å². The molecule has 0 aliphatic rings. The summed E-state index contributed by atoms with van der Waals surface area (Å²) >= 11 is 0. The number of benzene rings is 1. The molecule has 0 saturated heterocycles. The first kappa shape index (κ1) is 21.3.